The van der Waals surface area contributed by atoms with Crippen molar-refractivity contribution in [3.8, 4) is 0 Å². The summed E-state index contributed by atoms with van der Waals surface area (Å²) in [4.78, 5) is 16.3. The van der Waals surface area contributed by atoms with Crippen molar-refractivity contribution in [2.75, 3.05) is 5.75 Å². The molecule has 122 valence electrons. The van der Waals surface area contributed by atoms with Gasteiger partial charge in [0.1, 0.15) is 5.82 Å². The summed E-state index contributed by atoms with van der Waals surface area (Å²) >= 11 is 4.64. The van der Waals surface area contributed by atoms with Crippen LogP contribution in [0, 0.1) is 5.82 Å². The third-order valence-electron chi connectivity index (χ3n) is 3.30. The Morgan fingerprint density at radius 1 is 1.38 bits per heavy atom. The van der Waals surface area contributed by atoms with Crippen molar-refractivity contribution in [3.05, 3.63) is 63.9 Å². The molecule has 1 amide bonds. The molecule has 1 aliphatic rings. The van der Waals surface area contributed by atoms with E-state index < -0.39 is 5.82 Å². The summed E-state index contributed by atoms with van der Waals surface area (Å²) in [6, 6.07) is 12.4. The van der Waals surface area contributed by atoms with Gasteiger partial charge in [-0.2, -0.15) is 5.10 Å². The first-order valence-electron chi connectivity index (χ1n) is 7.17. The van der Waals surface area contributed by atoms with Crippen LogP contribution in [-0.4, -0.2) is 22.9 Å². The fourth-order valence-corrected chi connectivity index (χ4v) is 3.32. The molecule has 0 unspecified atom stereocenters. The molecule has 2 aromatic rings. The van der Waals surface area contributed by atoms with Crippen LogP contribution >= 0.6 is 27.7 Å². The number of carbonyl (C=O) groups is 1. The van der Waals surface area contributed by atoms with Crippen LogP contribution < -0.4 is 5.43 Å². The molecule has 0 aromatic heterocycles. The number of fused-ring (bicyclic) bond motifs is 1. The van der Waals surface area contributed by atoms with Gasteiger partial charge in [0.25, 0.3) is 0 Å². The number of carbonyl (C=O) groups excluding carboxylic acids is 1. The highest BCUT2D eigenvalue weighted by atomic mass is 79.9. The molecule has 0 saturated heterocycles. The maximum atomic E-state index is 13.5. The van der Waals surface area contributed by atoms with E-state index in [1.807, 2.05) is 24.3 Å². The Hall–Kier alpha value is -1.99. The third-order valence-corrected chi connectivity index (χ3v) is 4.77. The Bertz CT molecular complexity index is 838. The number of halogens is 2. The van der Waals surface area contributed by atoms with E-state index in [-0.39, 0.29) is 11.7 Å². The minimum atomic E-state index is -0.399. The van der Waals surface area contributed by atoms with Gasteiger partial charge in [-0.1, -0.05) is 34.1 Å². The first kappa shape index (κ1) is 16.9. The van der Waals surface area contributed by atoms with Gasteiger partial charge in [0, 0.05) is 16.5 Å². The zero-order valence-corrected chi connectivity index (χ0v) is 14.9. The van der Waals surface area contributed by atoms with Crippen LogP contribution in [0.25, 0.3) is 0 Å². The number of hydrogen-bond acceptors (Lipinski definition) is 4. The van der Waals surface area contributed by atoms with Gasteiger partial charge in [-0.3, -0.25) is 4.79 Å². The second-order valence-corrected chi connectivity index (χ2v) is 7.02. The maximum absolute atomic E-state index is 13.5. The average molecular weight is 406 g/mol. The number of hydrogen-bond donors (Lipinski definition) is 1. The number of thioether (sulfide) groups is 1. The number of benzene rings is 2. The van der Waals surface area contributed by atoms with Gasteiger partial charge in [0.15, 0.2) is 0 Å². The van der Waals surface area contributed by atoms with Crippen LogP contribution in [0.3, 0.4) is 0 Å². The predicted molar refractivity (Wildman–Crippen MR) is 99.5 cm³/mol. The molecule has 24 heavy (non-hydrogen) atoms. The van der Waals surface area contributed by atoms with E-state index in [4.69, 9.17) is 0 Å². The Balaban J connectivity index is 1.49. The minimum absolute atomic E-state index is 0.213. The minimum Gasteiger partial charge on any atom is -0.272 e. The van der Waals surface area contributed by atoms with Gasteiger partial charge in [-0.05, 0) is 29.8 Å². The van der Waals surface area contributed by atoms with Gasteiger partial charge < -0.3 is 0 Å². The topological polar surface area (TPSA) is 53.8 Å². The molecule has 7 heteroatoms. The molecular formula is C17H13BrFN3OS. The number of para-hydroxylation sites is 1. The number of rotatable bonds is 4. The smallest absolute Gasteiger partial charge is 0.250 e. The van der Waals surface area contributed by atoms with Crippen molar-refractivity contribution in [1.29, 1.82) is 0 Å². The number of hydrazone groups is 1. The van der Waals surface area contributed by atoms with E-state index in [1.54, 1.807) is 12.1 Å². The molecule has 1 heterocycles. The molecule has 4 nitrogen and oxygen atoms in total. The van der Waals surface area contributed by atoms with Crippen LogP contribution in [-0.2, 0) is 11.2 Å². The van der Waals surface area contributed by atoms with Gasteiger partial charge in [0.2, 0.25) is 5.91 Å². The van der Waals surface area contributed by atoms with Crippen LogP contribution in [0.1, 0.15) is 11.1 Å². The molecule has 1 N–H and O–H groups in total. The Labute approximate surface area is 151 Å². The van der Waals surface area contributed by atoms with Crippen LogP contribution in [0.2, 0.25) is 0 Å². The molecule has 3 rings (SSSR count). The number of amides is 1. The van der Waals surface area contributed by atoms with E-state index in [2.05, 4.69) is 31.4 Å². The van der Waals surface area contributed by atoms with Gasteiger partial charge >= 0.3 is 0 Å². The molecule has 0 fully saturated rings. The van der Waals surface area contributed by atoms with Crippen molar-refractivity contribution < 1.29 is 9.18 Å². The SMILES string of the molecule is O=C(CSC1=Nc2ccccc2C1)N/N=C/c1cc(Br)ccc1F. The monoisotopic (exact) mass is 405 g/mol. The van der Waals surface area contributed by atoms with Crippen molar-refractivity contribution in [3.63, 3.8) is 0 Å². The highest BCUT2D eigenvalue weighted by molar-refractivity contribution is 9.10. The van der Waals surface area contributed by atoms with E-state index in [1.165, 1.54) is 29.6 Å². The third kappa shape index (κ3) is 4.30. The lowest BCUT2D eigenvalue weighted by atomic mass is 10.2. The number of nitrogens with one attached hydrogen (secondary N) is 1. The summed E-state index contributed by atoms with van der Waals surface area (Å²) in [6.07, 6.45) is 2.03. The molecule has 0 atom stereocenters. The lowest BCUT2D eigenvalue weighted by Gasteiger charge is -2.01. The quantitative estimate of drug-likeness (QED) is 0.615. The standard InChI is InChI=1S/C17H13BrFN3OS/c18-13-5-6-14(19)12(7-13)9-20-22-16(23)10-24-17-8-11-3-1-2-4-15(11)21-17/h1-7,9H,8,10H2,(H,22,23)/b20-9+. The molecule has 1 aliphatic heterocycles. The van der Waals surface area contributed by atoms with Crippen molar-refractivity contribution in [1.82, 2.24) is 5.43 Å². The van der Waals surface area contributed by atoms with E-state index >= 15 is 0 Å². The molecule has 2 aromatic carbocycles. The second kappa shape index (κ2) is 7.72. The Morgan fingerprint density at radius 3 is 3.04 bits per heavy atom. The van der Waals surface area contributed by atoms with Crippen molar-refractivity contribution >= 4 is 50.5 Å². The summed E-state index contributed by atoms with van der Waals surface area (Å²) in [5.41, 5.74) is 4.83. The maximum Gasteiger partial charge on any atom is 0.250 e. The van der Waals surface area contributed by atoms with Crippen molar-refractivity contribution in [2.24, 2.45) is 10.1 Å². The first-order chi connectivity index (χ1) is 11.6. The van der Waals surface area contributed by atoms with E-state index in [0.717, 1.165) is 21.6 Å². The number of aliphatic imine (C=N–C) groups is 1. The molecule has 0 spiro atoms. The normalized spacial score (nSPS) is 13.0. The van der Waals surface area contributed by atoms with E-state index in [0.29, 0.717) is 5.56 Å². The Morgan fingerprint density at radius 2 is 2.21 bits per heavy atom. The zero-order valence-electron chi connectivity index (χ0n) is 12.5. The summed E-state index contributed by atoms with van der Waals surface area (Å²) in [6.45, 7) is 0. The summed E-state index contributed by atoms with van der Waals surface area (Å²) in [5, 5.41) is 4.70. The van der Waals surface area contributed by atoms with E-state index in [9.17, 15) is 9.18 Å². The average Bonchev–Trinajstić information content (AvgIpc) is 2.99. The molecule has 0 aliphatic carbocycles. The molecule has 0 saturated carbocycles. The first-order valence-corrected chi connectivity index (χ1v) is 8.95. The Kier molecular flexibility index (Phi) is 5.42. The fourth-order valence-electron chi connectivity index (χ4n) is 2.16. The van der Waals surface area contributed by atoms with Gasteiger partial charge in [0.05, 0.1) is 22.7 Å². The van der Waals surface area contributed by atoms with Crippen molar-refractivity contribution in [2.45, 2.75) is 6.42 Å². The number of nitrogens with zero attached hydrogens (tertiary/aromatic N) is 2. The fraction of sp³-hybridized carbons (Fsp3) is 0.118. The molecule has 0 radical (unpaired) electrons. The highest BCUT2D eigenvalue weighted by Crippen LogP contribution is 2.29. The lowest BCUT2D eigenvalue weighted by molar-refractivity contribution is -0.118. The highest BCUT2D eigenvalue weighted by Gasteiger charge is 2.15. The van der Waals surface area contributed by atoms with Crippen LogP contribution in [0.15, 0.2) is 57.0 Å². The zero-order chi connectivity index (χ0) is 16.9. The predicted octanol–water partition coefficient (Wildman–Crippen LogP) is 4.06. The van der Waals surface area contributed by atoms with Crippen LogP contribution in [0.4, 0.5) is 10.1 Å². The van der Waals surface area contributed by atoms with Crippen LogP contribution in [0.5, 0.6) is 0 Å². The molecule has 0 bridgehead atoms. The van der Waals surface area contributed by atoms with Gasteiger partial charge in [-0.25, -0.2) is 14.8 Å². The summed E-state index contributed by atoms with van der Waals surface area (Å²) in [5.74, 6) is -0.445. The lowest BCUT2D eigenvalue weighted by Crippen LogP contribution is -2.20. The van der Waals surface area contributed by atoms with Gasteiger partial charge in [-0.15, -0.1) is 11.8 Å². The second-order valence-electron chi connectivity index (χ2n) is 5.06. The summed E-state index contributed by atoms with van der Waals surface area (Å²) < 4.78 is 14.3. The molecular weight excluding hydrogens is 393 g/mol. The summed E-state index contributed by atoms with van der Waals surface area (Å²) in [7, 11) is 0. The largest absolute Gasteiger partial charge is 0.272 e.